The number of carbonyl (C=O) groups is 2. The van der Waals surface area contributed by atoms with E-state index in [0.29, 0.717) is 0 Å². The third-order valence-electron chi connectivity index (χ3n) is 3.88. The van der Waals surface area contributed by atoms with Crippen LogP contribution in [0, 0.1) is 0 Å². The summed E-state index contributed by atoms with van der Waals surface area (Å²) in [7, 11) is 4.00. The van der Waals surface area contributed by atoms with Crippen LogP contribution < -0.4 is 20.7 Å². The van der Waals surface area contributed by atoms with Crippen molar-refractivity contribution < 1.29 is 18.9 Å². The minimum absolute atomic E-state index is 0.154. The van der Waals surface area contributed by atoms with Gasteiger partial charge in [-0.1, -0.05) is 12.1 Å². The van der Waals surface area contributed by atoms with Crippen LogP contribution in [0.15, 0.2) is 47.1 Å². The molecule has 0 radical (unpaired) electrons. The second-order valence-electron chi connectivity index (χ2n) is 6.00. The number of quaternary nitrogens is 1. The number of hydrazine groups is 1. The Labute approximate surface area is 147 Å². The minimum Gasteiger partial charge on any atom is -0.459 e. The van der Waals surface area contributed by atoms with Gasteiger partial charge in [0.1, 0.15) is 6.54 Å². The lowest BCUT2D eigenvalue weighted by molar-refractivity contribution is -0.904. The summed E-state index contributed by atoms with van der Waals surface area (Å²) in [6, 6.07) is 11.4. The number of carbonyl (C=O) groups excluding carboxylic acids is 2. The number of furan rings is 1. The van der Waals surface area contributed by atoms with Crippen LogP contribution in [0.5, 0.6) is 0 Å². The molecule has 1 aromatic heterocycles. The quantitative estimate of drug-likeness (QED) is 0.627. The fraction of sp³-hybridized carbons (Fsp3) is 0.333. The molecule has 25 heavy (non-hydrogen) atoms. The van der Waals surface area contributed by atoms with Gasteiger partial charge in [-0.15, -0.1) is 0 Å². The number of hydrogen-bond acceptors (Lipinski definition) is 4. The fourth-order valence-electron chi connectivity index (χ4n) is 2.38. The summed E-state index contributed by atoms with van der Waals surface area (Å²) in [4.78, 5) is 26.9. The molecule has 0 fully saturated rings. The Balaban J connectivity index is 1.82. The Hall–Kier alpha value is -2.80. The molecule has 7 heteroatoms. The van der Waals surface area contributed by atoms with E-state index in [1.165, 1.54) is 12.3 Å². The Morgan fingerprint density at radius 3 is 2.40 bits per heavy atom. The van der Waals surface area contributed by atoms with Crippen molar-refractivity contribution in [2.24, 2.45) is 0 Å². The molecule has 0 saturated heterocycles. The second-order valence-corrected chi connectivity index (χ2v) is 6.00. The smallest absolute Gasteiger partial charge is 0.305 e. The molecule has 1 atom stereocenters. The highest BCUT2D eigenvalue weighted by Gasteiger charge is 2.15. The summed E-state index contributed by atoms with van der Waals surface area (Å²) >= 11 is 0. The first kappa shape index (κ1) is 18.5. The van der Waals surface area contributed by atoms with Crippen molar-refractivity contribution in [2.45, 2.75) is 13.5 Å². The van der Waals surface area contributed by atoms with Gasteiger partial charge in [-0.2, -0.15) is 0 Å². The van der Waals surface area contributed by atoms with Crippen LogP contribution in [-0.2, 0) is 11.3 Å². The average Bonchev–Trinajstić information content (AvgIpc) is 3.14. The number of nitrogens with zero attached hydrogens (tertiary/aromatic N) is 1. The molecule has 2 aromatic rings. The van der Waals surface area contributed by atoms with Gasteiger partial charge in [0.05, 0.1) is 12.8 Å². The maximum absolute atomic E-state index is 12.0. The number of rotatable bonds is 7. The Bertz CT molecular complexity index is 681. The summed E-state index contributed by atoms with van der Waals surface area (Å²) in [5.41, 5.74) is 7.07. The van der Waals surface area contributed by atoms with Crippen molar-refractivity contribution in [3.8, 4) is 0 Å². The average molecular weight is 345 g/mol. The highest BCUT2D eigenvalue weighted by atomic mass is 16.3. The monoisotopic (exact) mass is 345 g/mol. The number of anilines is 1. The van der Waals surface area contributed by atoms with E-state index in [0.717, 1.165) is 29.2 Å². The highest BCUT2D eigenvalue weighted by molar-refractivity contribution is 5.92. The molecule has 0 aliphatic carbocycles. The normalized spacial score (nSPS) is 11.6. The van der Waals surface area contributed by atoms with E-state index in [9.17, 15) is 9.59 Å². The minimum atomic E-state index is -0.476. The molecule has 0 saturated carbocycles. The van der Waals surface area contributed by atoms with Crippen molar-refractivity contribution in [3.63, 3.8) is 0 Å². The van der Waals surface area contributed by atoms with Gasteiger partial charge in [0.25, 0.3) is 5.91 Å². The number of amides is 2. The number of hydrogen-bond donors (Lipinski definition) is 3. The van der Waals surface area contributed by atoms with Crippen LogP contribution in [0.2, 0.25) is 0 Å². The van der Waals surface area contributed by atoms with Crippen LogP contribution >= 0.6 is 0 Å². The van der Waals surface area contributed by atoms with Gasteiger partial charge in [-0.05, 0) is 31.2 Å². The van der Waals surface area contributed by atoms with Gasteiger partial charge in [0, 0.05) is 25.3 Å². The lowest BCUT2D eigenvalue weighted by Crippen LogP contribution is -3.11. The first-order valence-corrected chi connectivity index (χ1v) is 8.22. The topological polar surface area (TPSA) is 79.0 Å². The van der Waals surface area contributed by atoms with Crippen molar-refractivity contribution in [1.82, 2.24) is 10.9 Å². The molecule has 0 bridgehead atoms. The van der Waals surface area contributed by atoms with Gasteiger partial charge in [0.2, 0.25) is 0 Å². The van der Waals surface area contributed by atoms with Gasteiger partial charge < -0.3 is 14.2 Å². The lowest BCUT2D eigenvalue weighted by atomic mass is 10.2. The van der Waals surface area contributed by atoms with E-state index >= 15 is 0 Å². The summed E-state index contributed by atoms with van der Waals surface area (Å²) in [5, 5.41) is 0. The largest absolute Gasteiger partial charge is 0.459 e. The molecule has 2 amide bonds. The third kappa shape index (κ3) is 5.65. The molecule has 0 aliphatic heterocycles. The predicted molar refractivity (Wildman–Crippen MR) is 95.2 cm³/mol. The van der Waals surface area contributed by atoms with Crippen LogP contribution in [0.25, 0.3) is 0 Å². The summed E-state index contributed by atoms with van der Waals surface area (Å²) < 4.78 is 4.96. The first-order chi connectivity index (χ1) is 12.0. The van der Waals surface area contributed by atoms with Crippen molar-refractivity contribution >= 4 is 17.5 Å². The lowest BCUT2D eigenvalue weighted by Gasteiger charge is -2.18. The number of benzene rings is 1. The molecule has 0 aliphatic rings. The molecular formula is C18H25N4O3+. The predicted octanol–water partition coefficient (Wildman–Crippen LogP) is 0.212. The zero-order chi connectivity index (χ0) is 18.2. The fourth-order valence-corrected chi connectivity index (χ4v) is 2.38. The first-order valence-electron chi connectivity index (χ1n) is 8.22. The Kier molecular flexibility index (Phi) is 6.59. The van der Waals surface area contributed by atoms with Gasteiger partial charge in [0.15, 0.2) is 12.3 Å². The molecule has 1 heterocycles. The SMILES string of the molecule is CC[NH+](CC(=O)NNC(=O)c1ccco1)Cc1ccc(N(C)C)cc1. The molecule has 134 valence electrons. The van der Waals surface area contributed by atoms with E-state index in [-0.39, 0.29) is 18.2 Å². The molecular weight excluding hydrogens is 320 g/mol. The molecule has 2 rings (SSSR count). The number of nitrogens with one attached hydrogen (secondary N) is 3. The van der Waals surface area contributed by atoms with Crippen molar-refractivity contribution in [3.05, 3.63) is 54.0 Å². The molecule has 1 aromatic carbocycles. The molecule has 7 nitrogen and oxygen atoms in total. The van der Waals surface area contributed by atoms with Crippen LogP contribution in [-0.4, -0.2) is 39.0 Å². The van der Waals surface area contributed by atoms with Crippen LogP contribution in [0.4, 0.5) is 5.69 Å². The van der Waals surface area contributed by atoms with Gasteiger partial charge >= 0.3 is 5.91 Å². The van der Waals surface area contributed by atoms with E-state index in [1.807, 2.05) is 25.9 Å². The Morgan fingerprint density at radius 1 is 1.12 bits per heavy atom. The zero-order valence-electron chi connectivity index (χ0n) is 14.8. The Morgan fingerprint density at radius 2 is 1.84 bits per heavy atom. The van der Waals surface area contributed by atoms with E-state index in [1.54, 1.807) is 6.07 Å². The maximum Gasteiger partial charge on any atom is 0.305 e. The highest BCUT2D eigenvalue weighted by Crippen LogP contribution is 2.11. The van der Waals surface area contributed by atoms with Crippen LogP contribution in [0.1, 0.15) is 23.0 Å². The maximum atomic E-state index is 12.0. The molecule has 0 spiro atoms. The second kappa shape index (κ2) is 8.89. The van der Waals surface area contributed by atoms with Crippen molar-refractivity contribution in [2.75, 3.05) is 32.1 Å². The van der Waals surface area contributed by atoms with Crippen molar-refractivity contribution in [1.29, 1.82) is 0 Å². The molecule has 3 N–H and O–H groups in total. The van der Waals surface area contributed by atoms with Crippen LogP contribution in [0.3, 0.4) is 0 Å². The standard InChI is InChI=1S/C18H24N4O3/c1-4-22(12-14-7-9-15(10-8-14)21(2)3)13-17(23)19-20-18(24)16-6-5-11-25-16/h5-11H,4,12-13H2,1-3H3,(H,19,23)(H,20,24)/p+1. The van der Waals surface area contributed by atoms with Gasteiger partial charge in [-0.3, -0.25) is 20.4 Å². The number of likely N-dealkylation sites (N-methyl/N-ethyl adjacent to an activating group) is 1. The zero-order valence-corrected chi connectivity index (χ0v) is 14.8. The molecule has 1 unspecified atom stereocenters. The van der Waals surface area contributed by atoms with E-state index in [4.69, 9.17) is 4.42 Å². The van der Waals surface area contributed by atoms with E-state index < -0.39 is 5.91 Å². The third-order valence-corrected chi connectivity index (χ3v) is 3.88. The summed E-state index contributed by atoms with van der Waals surface area (Å²) in [6.45, 7) is 3.83. The van der Waals surface area contributed by atoms with Gasteiger partial charge in [-0.25, -0.2) is 0 Å². The summed E-state index contributed by atoms with van der Waals surface area (Å²) in [6.07, 6.45) is 1.40. The summed E-state index contributed by atoms with van der Waals surface area (Å²) in [5.74, 6) is -0.571. The van der Waals surface area contributed by atoms with E-state index in [2.05, 4.69) is 35.1 Å².